The number of fused-ring (bicyclic) bond motifs is 3. The molecule has 0 bridgehead atoms. The summed E-state index contributed by atoms with van der Waals surface area (Å²) in [7, 11) is -1.49. The molecule has 3 rings (SSSR count). The monoisotopic (exact) mass is 224 g/mol. The van der Waals surface area contributed by atoms with Crippen LogP contribution in [0.25, 0.3) is 21.8 Å². The number of nitrogens with zero attached hydrogens (tertiary/aromatic N) is 2. The molecule has 0 aliphatic heterocycles. The minimum atomic E-state index is -1.49. The molecule has 1 aromatic carbocycles. The SMILES string of the molecule is OB(O)c1cnc2c(ccc3cccnc32)c1. The van der Waals surface area contributed by atoms with Crippen LogP contribution in [0.3, 0.4) is 0 Å². The number of pyridine rings is 2. The maximum atomic E-state index is 9.10. The molecule has 0 spiro atoms. The molecule has 2 N–H and O–H groups in total. The van der Waals surface area contributed by atoms with Crippen LogP contribution in [0.5, 0.6) is 0 Å². The second-order valence-electron chi connectivity index (χ2n) is 3.85. The Hall–Kier alpha value is -1.98. The van der Waals surface area contributed by atoms with Gasteiger partial charge in [0, 0.05) is 28.6 Å². The standard InChI is InChI=1S/C12H9BN2O2/c16-13(17)10-6-9-4-3-8-2-1-5-14-11(8)12(9)15-7-10/h1-7,16-17H. The van der Waals surface area contributed by atoms with Crippen molar-refractivity contribution in [2.75, 3.05) is 0 Å². The van der Waals surface area contributed by atoms with Gasteiger partial charge in [-0.15, -0.1) is 0 Å². The number of hydrogen-bond acceptors (Lipinski definition) is 4. The summed E-state index contributed by atoms with van der Waals surface area (Å²) in [6.45, 7) is 0. The third-order valence-electron chi connectivity index (χ3n) is 2.74. The zero-order valence-corrected chi connectivity index (χ0v) is 8.91. The molecular weight excluding hydrogens is 215 g/mol. The Balaban J connectivity index is 2.37. The molecule has 0 aliphatic rings. The van der Waals surface area contributed by atoms with Crippen LogP contribution in [0.1, 0.15) is 0 Å². The lowest BCUT2D eigenvalue weighted by Crippen LogP contribution is -2.29. The fraction of sp³-hybridized carbons (Fsp3) is 0. The van der Waals surface area contributed by atoms with Crippen molar-refractivity contribution in [3.05, 3.63) is 42.7 Å². The van der Waals surface area contributed by atoms with Crippen LogP contribution in [0.15, 0.2) is 42.7 Å². The topological polar surface area (TPSA) is 66.2 Å². The molecule has 0 saturated heterocycles. The van der Waals surface area contributed by atoms with Gasteiger partial charge in [-0.25, -0.2) is 0 Å². The van der Waals surface area contributed by atoms with E-state index in [1.807, 2.05) is 24.3 Å². The normalized spacial score (nSPS) is 10.9. The van der Waals surface area contributed by atoms with Crippen LogP contribution in [-0.4, -0.2) is 27.1 Å². The van der Waals surface area contributed by atoms with E-state index in [1.54, 1.807) is 12.3 Å². The predicted octanol–water partition coefficient (Wildman–Crippen LogP) is 0.463. The summed E-state index contributed by atoms with van der Waals surface area (Å²) in [4.78, 5) is 8.54. The Bertz CT molecular complexity index is 700. The number of hydrogen-bond donors (Lipinski definition) is 2. The van der Waals surface area contributed by atoms with Crippen LogP contribution in [0.4, 0.5) is 0 Å². The highest BCUT2D eigenvalue weighted by Crippen LogP contribution is 2.20. The first-order valence-corrected chi connectivity index (χ1v) is 5.25. The van der Waals surface area contributed by atoms with Gasteiger partial charge in [0.1, 0.15) is 0 Å². The van der Waals surface area contributed by atoms with E-state index in [1.165, 1.54) is 6.20 Å². The maximum absolute atomic E-state index is 9.10. The van der Waals surface area contributed by atoms with Crippen molar-refractivity contribution in [1.82, 2.24) is 9.97 Å². The summed E-state index contributed by atoms with van der Waals surface area (Å²) in [5.74, 6) is 0. The zero-order chi connectivity index (χ0) is 11.8. The van der Waals surface area contributed by atoms with E-state index in [2.05, 4.69) is 9.97 Å². The maximum Gasteiger partial charge on any atom is 0.490 e. The Morgan fingerprint density at radius 2 is 1.71 bits per heavy atom. The van der Waals surface area contributed by atoms with Crippen LogP contribution in [0.2, 0.25) is 0 Å². The fourth-order valence-electron chi connectivity index (χ4n) is 1.89. The van der Waals surface area contributed by atoms with Gasteiger partial charge in [0.2, 0.25) is 0 Å². The van der Waals surface area contributed by atoms with Crippen molar-refractivity contribution in [3.63, 3.8) is 0 Å². The van der Waals surface area contributed by atoms with Crippen molar-refractivity contribution in [2.24, 2.45) is 0 Å². The summed E-state index contributed by atoms with van der Waals surface area (Å²) < 4.78 is 0. The van der Waals surface area contributed by atoms with E-state index >= 15 is 0 Å². The molecule has 0 unspecified atom stereocenters. The Morgan fingerprint density at radius 3 is 2.53 bits per heavy atom. The predicted molar refractivity (Wildman–Crippen MR) is 66.9 cm³/mol. The molecule has 0 amide bonds. The highest BCUT2D eigenvalue weighted by Gasteiger charge is 2.12. The van der Waals surface area contributed by atoms with Crippen molar-refractivity contribution >= 4 is 34.4 Å². The summed E-state index contributed by atoms with van der Waals surface area (Å²) >= 11 is 0. The summed E-state index contributed by atoms with van der Waals surface area (Å²) in [6, 6.07) is 9.40. The molecule has 5 heteroatoms. The second-order valence-corrected chi connectivity index (χ2v) is 3.85. The first-order valence-electron chi connectivity index (χ1n) is 5.25. The third-order valence-corrected chi connectivity index (χ3v) is 2.74. The lowest BCUT2D eigenvalue weighted by Gasteiger charge is -2.04. The van der Waals surface area contributed by atoms with Gasteiger partial charge in [-0.05, 0) is 6.07 Å². The average Bonchev–Trinajstić information content (AvgIpc) is 2.38. The van der Waals surface area contributed by atoms with Crippen LogP contribution in [0, 0.1) is 0 Å². The van der Waals surface area contributed by atoms with Crippen LogP contribution >= 0.6 is 0 Å². The largest absolute Gasteiger partial charge is 0.490 e. The first kappa shape index (κ1) is 10.2. The van der Waals surface area contributed by atoms with Crippen molar-refractivity contribution in [1.29, 1.82) is 0 Å². The molecule has 0 saturated carbocycles. The number of benzene rings is 1. The van der Waals surface area contributed by atoms with E-state index in [4.69, 9.17) is 10.0 Å². The van der Waals surface area contributed by atoms with E-state index in [0.29, 0.717) is 5.46 Å². The van der Waals surface area contributed by atoms with Gasteiger partial charge in [-0.2, -0.15) is 0 Å². The molecule has 0 fully saturated rings. The quantitative estimate of drug-likeness (QED) is 0.465. The van der Waals surface area contributed by atoms with Gasteiger partial charge in [-0.1, -0.05) is 24.3 Å². The Morgan fingerprint density at radius 1 is 0.941 bits per heavy atom. The molecular formula is C12H9BN2O2. The first-order chi connectivity index (χ1) is 8.25. The lowest BCUT2D eigenvalue weighted by molar-refractivity contribution is 0.425. The number of rotatable bonds is 1. The van der Waals surface area contributed by atoms with Gasteiger partial charge in [0.15, 0.2) is 0 Å². The molecule has 0 aliphatic carbocycles. The molecule has 17 heavy (non-hydrogen) atoms. The lowest BCUT2D eigenvalue weighted by atomic mass is 9.81. The summed E-state index contributed by atoms with van der Waals surface area (Å²) in [6.07, 6.45) is 3.18. The molecule has 3 aromatic rings. The second kappa shape index (κ2) is 3.80. The molecule has 2 heterocycles. The summed E-state index contributed by atoms with van der Waals surface area (Å²) in [5.41, 5.74) is 1.98. The van der Waals surface area contributed by atoms with Gasteiger partial charge < -0.3 is 10.0 Å². The van der Waals surface area contributed by atoms with E-state index < -0.39 is 7.12 Å². The van der Waals surface area contributed by atoms with E-state index in [-0.39, 0.29) is 0 Å². The van der Waals surface area contributed by atoms with E-state index in [0.717, 1.165) is 21.8 Å². The summed E-state index contributed by atoms with van der Waals surface area (Å²) in [5, 5.41) is 20.1. The van der Waals surface area contributed by atoms with Gasteiger partial charge in [-0.3, -0.25) is 9.97 Å². The minimum Gasteiger partial charge on any atom is -0.423 e. The van der Waals surface area contributed by atoms with Gasteiger partial charge in [0.25, 0.3) is 0 Å². The minimum absolute atomic E-state index is 0.382. The Labute approximate surface area is 97.7 Å². The Kier molecular flexibility index (Phi) is 2.28. The zero-order valence-electron chi connectivity index (χ0n) is 8.91. The average molecular weight is 224 g/mol. The highest BCUT2D eigenvalue weighted by atomic mass is 16.4. The van der Waals surface area contributed by atoms with Crippen molar-refractivity contribution < 1.29 is 10.0 Å². The number of aromatic nitrogens is 2. The van der Waals surface area contributed by atoms with Gasteiger partial charge in [0.05, 0.1) is 11.0 Å². The van der Waals surface area contributed by atoms with Crippen molar-refractivity contribution in [3.8, 4) is 0 Å². The molecule has 0 radical (unpaired) electrons. The van der Waals surface area contributed by atoms with E-state index in [9.17, 15) is 0 Å². The molecule has 2 aromatic heterocycles. The highest BCUT2D eigenvalue weighted by molar-refractivity contribution is 6.58. The van der Waals surface area contributed by atoms with Crippen LogP contribution < -0.4 is 5.46 Å². The van der Waals surface area contributed by atoms with Crippen LogP contribution in [-0.2, 0) is 0 Å². The van der Waals surface area contributed by atoms with Gasteiger partial charge >= 0.3 is 7.12 Å². The smallest absolute Gasteiger partial charge is 0.423 e. The van der Waals surface area contributed by atoms with Crippen molar-refractivity contribution in [2.45, 2.75) is 0 Å². The molecule has 4 nitrogen and oxygen atoms in total. The third kappa shape index (κ3) is 1.65. The fourth-order valence-corrected chi connectivity index (χ4v) is 1.89. The molecule has 82 valence electrons. The molecule has 0 atom stereocenters.